The van der Waals surface area contributed by atoms with E-state index in [9.17, 15) is 0 Å². The summed E-state index contributed by atoms with van der Waals surface area (Å²) < 4.78 is 5.31. The average Bonchev–Trinajstić information content (AvgIpc) is 3.11. The van der Waals surface area contributed by atoms with E-state index in [1.165, 1.54) is 0 Å². The summed E-state index contributed by atoms with van der Waals surface area (Å²) in [7, 11) is 1.63. The molecule has 1 aliphatic rings. The third-order valence-electron chi connectivity index (χ3n) is 3.55. The molecule has 1 fully saturated rings. The first-order valence-corrected chi connectivity index (χ1v) is 6.43. The van der Waals surface area contributed by atoms with Gasteiger partial charge in [-0.05, 0) is 31.4 Å². The van der Waals surface area contributed by atoms with E-state index in [2.05, 4.69) is 11.4 Å². The Balaban J connectivity index is 2.10. The van der Waals surface area contributed by atoms with Crippen LogP contribution in [0.1, 0.15) is 24.8 Å². The second-order valence-electron chi connectivity index (χ2n) is 4.99. The maximum absolute atomic E-state index is 8.80. The van der Waals surface area contributed by atoms with Gasteiger partial charge in [0.2, 0.25) is 0 Å². The number of nitriles is 1. The summed E-state index contributed by atoms with van der Waals surface area (Å²) in [5.41, 5.74) is 2.14. The van der Waals surface area contributed by atoms with E-state index in [1.807, 2.05) is 19.1 Å². The molecule has 0 atom stereocenters. The van der Waals surface area contributed by atoms with Gasteiger partial charge in [-0.1, -0.05) is 11.6 Å². The molecule has 1 aliphatic carbocycles. The smallest absolute Gasteiger partial charge is 0.143 e. The van der Waals surface area contributed by atoms with Gasteiger partial charge in [0.1, 0.15) is 5.75 Å². The summed E-state index contributed by atoms with van der Waals surface area (Å²) in [5, 5.41) is 12.9. The zero-order chi connectivity index (χ0) is 13.2. The quantitative estimate of drug-likeness (QED) is 0.881. The highest BCUT2D eigenvalue weighted by atomic mass is 35.5. The standard InChI is InChI=1S/C14H17ClN2O/c1-10-7-12(13(18-2)8-11(10)15)17-9-14(3-4-14)5-6-16/h7-8,17H,3-5,9H2,1-2H3. The third-order valence-corrected chi connectivity index (χ3v) is 3.95. The van der Waals surface area contributed by atoms with Crippen molar-refractivity contribution in [1.82, 2.24) is 0 Å². The molecule has 1 saturated carbocycles. The van der Waals surface area contributed by atoms with Crippen molar-refractivity contribution in [2.45, 2.75) is 26.2 Å². The number of benzene rings is 1. The number of aryl methyl sites for hydroxylation is 1. The highest BCUT2D eigenvalue weighted by Crippen LogP contribution is 2.48. The van der Waals surface area contributed by atoms with Crippen LogP contribution in [0, 0.1) is 23.7 Å². The lowest BCUT2D eigenvalue weighted by Gasteiger charge is -2.17. The highest BCUT2D eigenvalue weighted by molar-refractivity contribution is 6.31. The normalized spacial score (nSPS) is 15.9. The fourth-order valence-electron chi connectivity index (χ4n) is 2.01. The first-order valence-electron chi connectivity index (χ1n) is 6.05. The summed E-state index contributed by atoms with van der Waals surface area (Å²) in [6.07, 6.45) is 2.87. The van der Waals surface area contributed by atoms with Gasteiger partial charge in [0, 0.05) is 29.5 Å². The zero-order valence-electron chi connectivity index (χ0n) is 10.7. The van der Waals surface area contributed by atoms with E-state index in [0.29, 0.717) is 11.4 Å². The largest absolute Gasteiger partial charge is 0.495 e. The van der Waals surface area contributed by atoms with Gasteiger partial charge in [-0.25, -0.2) is 0 Å². The Morgan fingerprint density at radius 3 is 2.78 bits per heavy atom. The van der Waals surface area contributed by atoms with Crippen LogP contribution in [0.5, 0.6) is 5.75 Å². The molecule has 0 aliphatic heterocycles. The van der Waals surface area contributed by atoms with Gasteiger partial charge in [0.25, 0.3) is 0 Å². The minimum Gasteiger partial charge on any atom is -0.495 e. The summed E-state index contributed by atoms with van der Waals surface area (Å²) in [6.45, 7) is 2.78. The molecule has 1 aromatic carbocycles. The first kappa shape index (κ1) is 13.0. The molecule has 0 bridgehead atoms. The van der Waals surface area contributed by atoms with Crippen molar-refractivity contribution in [3.8, 4) is 11.8 Å². The van der Waals surface area contributed by atoms with E-state index in [4.69, 9.17) is 21.6 Å². The van der Waals surface area contributed by atoms with Crippen molar-refractivity contribution in [2.24, 2.45) is 5.41 Å². The predicted molar refractivity (Wildman–Crippen MR) is 73.1 cm³/mol. The van der Waals surface area contributed by atoms with Gasteiger partial charge in [-0.3, -0.25) is 0 Å². The molecular weight excluding hydrogens is 248 g/mol. The maximum atomic E-state index is 8.80. The van der Waals surface area contributed by atoms with Crippen molar-refractivity contribution in [3.63, 3.8) is 0 Å². The number of anilines is 1. The second-order valence-corrected chi connectivity index (χ2v) is 5.40. The third kappa shape index (κ3) is 2.70. The monoisotopic (exact) mass is 264 g/mol. The Bertz CT molecular complexity index is 489. The lowest BCUT2D eigenvalue weighted by molar-refractivity contribution is 0.415. The molecule has 2 rings (SSSR count). The molecule has 18 heavy (non-hydrogen) atoms. The summed E-state index contributed by atoms with van der Waals surface area (Å²) in [4.78, 5) is 0. The van der Waals surface area contributed by atoms with Crippen LogP contribution < -0.4 is 10.1 Å². The molecule has 0 radical (unpaired) electrons. The van der Waals surface area contributed by atoms with Crippen LogP contribution in [0.25, 0.3) is 0 Å². The lowest BCUT2D eigenvalue weighted by Crippen LogP contribution is -2.15. The SMILES string of the molecule is COc1cc(Cl)c(C)cc1NCC1(CC#N)CC1. The van der Waals surface area contributed by atoms with Crippen molar-refractivity contribution in [2.75, 3.05) is 19.0 Å². The summed E-state index contributed by atoms with van der Waals surface area (Å²) >= 11 is 6.07. The number of hydrogen-bond donors (Lipinski definition) is 1. The van der Waals surface area contributed by atoms with Gasteiger partial charge < -0.3 is 10.1 Å². The van der Waals surface area contributed by atoms with Crippen LogP contribution in [-0.4, -0.2) is 13.7 Å². The van der Waals surface area contributed by atoms with Crippen LogP contribution in [0.2, 0.25) is 5.02 Å². The Morgan fingerprint density at radius 1 is 1.50 bits per heavy atom. The highest BCUT2D eigenvalue weighted by Gasteiger charge is 2.42. The van der Waals surface area contributed by atoms with E-state index in [-0.39, 0.29) is 5.41 Å². The number of methoxy groups -OCH3 is 1. The van der Waals surface area contributed by atoms with Crippen LogP contribution in [-0.2, 0) is 0 Å². The molecule has 96 valence electrons. The fraction of sp³-hybridized carbons (Fsp3) is 0.500. The van der Waals surface area contributed by atoms with Gasteiger partial charge in [-0.15, -0.1) is 0 Å². The molecule has 0 spiro atoms. The van der Waals surface area contributed by atoms with Crippen LogP contribution >= 0.6 is 11.6 Å². The van der Waals surface area contributed by atoms with Crippen LogP contribution in [0.3, 0.4) is 0 Å². The molecule has 0 unspecified atom stereocenters. The molecule has 0 amide bonds. The number of hydrogen-bond acceptors (Lipinski definition) is 3. The number of halogens is 1. The molecule has 4 heteroatoms. The Morgan fingerprint density at radius 2 is 2.22 bits per heavy atom. The van der Waals surface area contributed by atoms with E-state index in [1.54, 1.807) is 7.11 Å². The zero-order valence-corrected chi connectivity index (χ0v) is 11.5. The minimum absolute atomic E-state index is 0.174. The number of ether oxygens (including phenoxy) is 1. The first-order chi connectivity index (χ1) is 8.60. The van der Waals surface area contributed by atoms with E-state index >= 15 is 0 Å². The van der Waals surface area contributed by atoms with Gasteiger partial charge in [0.15, 0.2) is 0 Å². The molecule has 1 aromatic rings. The topological polar surface area (TPSA) is 45.0 Å². The molecule has 3 nitrogen and oxygen atoms in total. The van der Waals surface area contributed by atoms with Gasteiger partial charge in [0.05, 0.1) is 18.9 Å². The maximum Gasteiger partial charge on any atom is 0.143 e. The van der Waals surface area contributed by atoms with Crippen molar-refractivity contribution in [3.05, 3.63) is 22.7 Å². The van der Waals surface area contributed by atoms with Crippen LogP contribution in [0.4, 0.5) is 5.69 Å². The molecule has 0 aromatic heterocycles. The molecule has 0 saturated heterocycles. The minimum atomic E-state index is 0.174. The second kappa shape index (κ2) is 5.07. The number of nitrogens with one attached hydrogen (secondary N) is 1. The molecule has 1 N–H and O–H groups in total. The summed E-state index contributed by atoms with van der Waals surface area (Å²) in [6, 6.07) is 6.08. The van der Waals surface area contributed by atoms with Crippen LogP contribution in [0.15, 0.2) is 12.1 Å². The average molecular weight is 265 g/mol. The van der Waals surface area contributed by atoms with Crippen molar-refractivity contribution in [1.29, 1.82) is 5.26 Å². The Kier molecular flexibility index (Phi) is 3.68. The Hall–Kier alpha value is -1.40. The number of nitrogens with zero attached hydrogens (tertiary/aromatic N) is 1. The lowest BCUT2D eigenvalue weighted by atomic mass is 10.0. The fourth-order valence-corrected chi connectivity index (χ4v) is 2.17. The van der Waals surface area contributed by atoms with Gasteiger partial charge >= 0.3 is 0 Å². The van der Waals surface area contributed by atoms with E-state index < -0.39 is 0 Å². The Labute approximate surface area is 113 Å². The van der Waals surface area contributed by atoms with Gasteiger partial charge in [-0.2, -0.15) is 5.26 Å². The number of rotatable bonds is 5. The van der Waals surface area contributed by atoms with Crippen molar-refractivity contribution >= 4 is 17.3 Å². The summed E-state index contributed by atoms with van der Waals surface area (Å²) in [5.74, 6) is 0.748. The van der Waals surface area contributed by atoms with E-state index in [0.717, 1.165) is 36.4 Å². The van der Waals surface area contributed by atoms with Crippen molar-refractivity contribution < 1.29 is 4.74 Å². The molecular formula is C14H17ClN2O. The molecule has 0 heterocycles. The predicted octanol–water partition coefficient (Wildman–Crippen LogP) is 3.76.